The molecule has 128 valence electrons. The van der Waals surface area contributed by atoms with Gasteiger partial charge in [0.1, 0.15) is 5.82 Å². The molecule has 1 saturated heterocycles. The van der Waals surface area contributed by atoms with Crippen molar-refractivity contribution < 1.29 is 9.18 Å². The molecule has 0 unspecified atom stereocenters. The zero-order valence-electron chi connectivity index (χ0n) is 14.6. The van der Waals surface area contributed by atoms with Crippen LogP contribution in [0.5, 0.6) is 0 Å². The molecule has 1 aliphatic heterocycles. The Kier molecular flexibility index (Phi) is 5.99. The summed E-state index contributed by atoms with van der Waals surface area (Å²) in [5.41, 5.74) is 1.88. The Morgan fingerprint density at radius 3 is 2.48 bits per heavy atom. The van der Waals surface area contributed by atoms with Crippen LogP contribution >= 0.6 is 0 Å². The zero-order chi connectivity index (χ0) is 17.0. The fourth-order valence-corrected chi connectivity index (χ4v) is 2.96. The first kappa shape index (κ1) is 17.7. The minimum Gasteiger partial charge on any atom is -0.369 e. The van der Waals surface area contributed by atoms with Crippen molar-refractivity contribution in [3.05, 3.63) is 29.6 Å². The van der Waals surface area contributed by atoms with Crippen molar-refractivity contribution in [3.63, 3.8) is 0 Å². The second kappa shape index (κ2) is 7.77. The first-order valence-corrected chi connectivity index (χ1v) is 8.39. The summed E-state index contributed by atoms with van der Waals surface area (Å²) in [7, 11) is 2.11. The summed E-state index contributed by atoms with van der Waals surface area (Å²) in [5.74, 6) is 0.0655. The molecule has 0 radical (unpaired) electrons. The molecule has 1 heterocycles. The van der Waals surface area contributed by atoms with Crippen LogP contribution in [0.4, 0.5) is 10.1 Å². The number of piperazine rings is 1. The standard InChI is InChI=1S/C18H28FN3O/c1-13(2)11-18(23)20-14(3)16-12-15(19)5-6-17(16)22-9-7-21(4)8-10-22/h5-6,12-14H,7-11H2,1-4H3,(H,20,23)/t14-/m1/s1. The van der Waals surface area contributed by atoms with Gasteiger partial charge in [-0.3, -0.25) is 4.79 Å². The molecule has 0 aliphatic carbocycles. The van der Waals surface area contributed by atoms with Gasteiger partial charge in [0, 0.05) is 43.9 Å². The van der Waals surface area contributed by atoms with Crippen molar-refractivity contribution in [2.75, 3.05) is 38.1 Å². The van der Waals surface area contributed by atoms with Gasteiger partial charge in [-0.15, -0.1) is 0 Å². The van der Waals surface area contributed by atoms with Crippen LogP contribution in [-0.2, 0) is 4.79 Å². The van der Waals surface area contributed by atoms with Crippen LogP contribution in [0.15, 0.2) is 18.2 Å². The van der Waals surface area contributed by atoms with Gasteiger partial charge in [0.25, 0.3) is 0 Å². The number of nitrogens with zero attached hydrogens (tertiary/aromatic N) is 2. The lowest BCUT2D eigenvalue weighted by Gasteiger charge is -2.36. The van der Waals surface area contributed by atoms with Crippen LogP contribution < -0.4 is 10.2 Å². The summed E-state index contributed by atoms with van der Waals surface area (Å²) in [5, 5.41) is 3.00. The Morgan fingerprint density at radius 2 is 1.87 bits per heavy atom. The molecule has 1 atom stereocenters. The third-order valence-electron chi connectivity index (χ3n) is 4.27. The van der Waals surface area contributed by atoms with E-state index in [1.807, 2.05) is 26.8 Å². The predicted octanol–water partition coefficient (Wildman–Crippen LogP) is 2.80. The van der Waals surface area contributed by atoms with Crippen LogP contribution in [0.2, 0.25) is 0 Å². The largest absolute Gasteiger partial charge is 0.369 e. The van der Waals surface area contributed by atoms with Crippen LogP contribution in [0.3, 0.4) is 0 Å². The average molecular weight is 321 g/mol. The molecule has 1 amide bonds. The number of nitrogens with one attached hydrogen (secondary N) is 1. The van der Waals surface area contributed by atoms with E-state index in [1.165, 1.54) is 6.07 Å². The van der Waals surface area contributed by atoms with Gasteiger partial charge in [-0.2, -0.15) is 0 Å². The summed E-state index contributed by atoms with van der Waals surface area (Å²) in [6, 6.07) is 4.68. The molecular formula is C18H28FN3O. The number of anilines is 1. The second-order valence-electron chi connectivity index (χ2n) is 6.88. The van der Waals surface area contributed by atoms with Crippen molar-refractivity contribution in [2.24, 2.45) is 5.92 Å². The van der Waals surface area contributed by atoms with E-state index in [0.717, 1.165) is 37.4 Å². The topological polar surface area (TPSA) is 35.6 Å². The van der Waals surface area contributed by atoms with Crippen molar-refractivity contribution in [1.29, 1.82) is 0 Å². The zero-order valence-corrected chi connectivity index (χ0v) is 14.6. The number of amides is 1. The number of halogens is 1. The SMILES string of the molecule is CC(C)CC(=O)N[C@H](C)c1cc(F)ccc1N1CCN(C)CC1. The number of likely N-dealkylation sites (N-methyl/N-ethyl adjacent to an activating group) is 1. The molecule has 1 aromatic carbocycles. The van der Waals surface area contributed by atoms with Gasteiger partial charge in [-0.05, 0) is 38.1 Å². The number of carbonyl (C=O) groups excluding carboxylic acids is 1. The van der Waals surface area contributed by atoms with E-state index >= 15 is 0 Å². The summed E-state index contributed by atoms with van der Waals surface area (Å²) in [4.78, 5) is 16.6. The smallest absolute Gasteiger partial charge is 0.220 e. The number of hydrogen-bond acceptors (Lipinski definition) is 3. The number of hydrogen-bond donors (Lipinski definition) is 1. The van der Waals surface area contributed by atoms with Gasteiger partial charge in [0.05, 0.1) is 6.04 Å². The van der Waals surface area contributed by atoms with Crippen LogP contribution in [0, 0.1) is 11.7 Å². The van der Waals surface area contributed by atoms with Crippen molar-refractivity contribution in [3.8, 4) is 0 Å². The van der Waals surface area contributed by atoms with E-state index in [9.17, 15) is 9.18 Å². The summed E-state index contributed by atoms with van der Waals surface area (Å²) < 4.78 is 13.7. The van der Waals surface area contributed by atoms with Gasteiger partial charge < -0.3 is 15.1 Å². The van der Waals surface area contributed by atoms with Crippen molar-refractivity contribution >= 4 is 11.6 Å². The Labute approximate surface area is 138 Å². The quantitative estimate of drug-likeness (QED) is 0.906. The molecule has 0 aromatic heterocycles. The molecule has 0 saturated carbocycles. The highest BCUT2D eigenvalue weighted by molar-refractivity contribution is 5.77. The van der Waals surface area contributed by atoms with Gasteiger partial charge in [0.2, 0.25) is 5.91 Å². The van der Waals surface area contributed by atoms with Crippen LogP contribution in [-0.4, -0.2) is 44.0 Å². The van der Waals surface area contributed by atoms with E-state index in [4.69, 9.17) is 0 Å². The molecule has 1 aliphatic rings. The van der Waals surface area contributed by atoms with E-state index in [1.54, 1.807) is 6.07 Å². The average Bonchev–Trinajstić information content (AvgIpc) is 2.47. The van der Waals surface area contributed by atoms with Gasteiger partial charge >= 0.3 is 0 Å². The Hall–Kier alpha value is -1.62. The molecule has 23 heavy (non-hydrogen) atoms. The summed E-state index contributed by atoms with van der Waals surface area (Å²) >= 11 is 0. The van der Waals surface area contributed by atoms with E-state index in [0.29, 0.717) is 12.3 Å². The summed E-state index contributed by atoms with van der Waals surface area (Å²) in [6.07, 6.45) is 0.490. The molecule has 0 bridgehead atoms. The fraction of sp³-hybridized carbons (Fsp3) is 0.611. The highest BCUT2D eigenvalue weighted by Gasteiger charge is 2.21. The second-order valence-corrected chi connectivity index (χ2v) is 6.88. The molecule has 1 aromatic rings. The molecule has 1 N–H and O–H groups in total. The number of benzene rings is 1. The lowest BCUT2D eigenvalue weighted by atomic mass is 10.0. The van der Waals surface area contributed by atoms with Crippen molar-refractivity contribution in [1.82, 2.24) is 10.2 Å². The molecule has 5 heteroatoms. The minimum absolute atomic E-state index is 0.0149. The third-order valence-corrected chi connectivity index (χ3v) is 4.27. The first-order chi connectivity index (χ1) is 10.9. The number of rotatable bonds is 5. The van der Waals surface area contributed by atoms with E-state index < -0.39 is 0 Å². The minimum atomic E-state index is -0.261. The Balaban J connectivity index is 2.16. The lowest BCUT2D eigenvalue weighted by Crippen LogP contribution is -2.45. The third kappa shape index (κ3) is 4.93. The Morgan fingerprint density at radius 1 is 1.22 bits per heavy atom. The molecule has 0 spiro atoms. The monoisotopic (exact) mass is 321 g/mol. The van der Waals surface area contributed by atoms with Crippen LogP contribution in [0.25, 0.3) is 0 Å². The van der Waals surface area contributed by atoms with Gasteiger partial charge in [-0.1, -0.05) is 13.8 Å². The van der Waals surface area contributed by atoms with E-state index in [-0.39, 0.29) is 17.8 Å². The maximum atomic E-state index is 13.7. The normalized spacial score (nSPS) is 17.4. The molecular weight excluding hydrogens is 293 g/mol. The molecule has 2 rings (SSSR count). The van der Waals surface area contributed by atoms with Gasteiger partial charge in [0.15, 0.2) is 0 Å². The van der Waals surface area contributed by atoms with Gasteiger partial charge in [-0.25, -0.2) is 4.39 Å². The summed E-state index contributed by atoms with van der Waals surface area (Å²) in [6.45, 7) is 9.77. The first-order valence-electron chi connectivity index (χ1n) is 8.39. The van der Waals surface area contributed by atoms with Crippen LogP contribution in [0.1, 0.15) is 38.8 Å². The van der Waals surface area contributed by atoms with E-state index in [2.05, 4.69) is 22.2 Å². The van der Waals surface area contributed by atoms with Crippen molar-refractivity contribution in [2.45, 2.75) is 33.2 Å². The maximum absolute atomic E-state index is 13.7. The number of carbonyl (C=O) groups is 1. The highest BCUT2D eigenvalue weighted by atomic mass is 19.1. The Bertz CT molecular complexity index is 539. The fourth-order valence-electron chi connectivity index (χ4n) is 2.96. The highest BCUT2D eigenvalue weighted by Crippen LogP contribution is 2.28. The lowest BCUT2D eigenvalue weighted by molar-refractivity contribution is -0.122. The predicted molar refractivity (Wildman–Crippen MR) is 92.1 cm³/mol. The molecule has 1 fully saturated rings. The maximum Gasteiger partial charge on any atom is 0.220 e. The molecule has 4 nitrogen and oxygen atoms in total.